The molecule has 2 aliphatic rings. The molecule has 1 aliphatic heterocycles. The number of amides is 2. The van der Waals surface area contributed by atoms with Crippen molar-refractivity contribution < 1.29 is 9.59 Å². The first-order valence-corrected chi connectivity index (χ1v) is 7.74. The molecular formula is C16H21N3O2. The highest BCUT2D eigenvalue weighted by Crippen LogP contribution is 2.27. The molecule has 2 fully saturated rings. The summed E-state index contributed by atoms with van der Waals surface area (Å²) in [6.45, 7) is 2.54. The molecule has 5 nitrogen and oxygen atoms in total. The van der Waals surface area contributed by atoms with Crippen LogP contribution in [0, 0.1) is 5.92 Å². The number of hydrogen-bond donors (Lipinski definition) is 0. The molecule has 0 N–H and O–H groups in total. The Morgan fingerprint density at radius 3 is 2.33 bits per heavy atom. The van der Waals surface area contributed by atoms with Crippen molar-refractivity contribution in [3.05, 3.63) is 30.1 Å². The summed E-state index contributed by atoms with van der Waals surface area (Å²) >= 11 is 0. The summed E-state index contributed by atoms with van der Waals surface area (Å²) in [6.07, 6.45) is 7.68. The second-order valence-corrected chi connectivity index (χ2v) is 5.84. The Balaban J connectivity index is 1.55. The maximum Gasteiger partial charge on any atom is 0.255 e. The second-order valence-electron chi connectivity index (χ2n) is 5.84. The summed E-state index contributed by atoms with van der Waals surface area (Å²) in [4.78, 5) is 32.4. The lowest BCUT2D eigenvalue weighted by atomic mass is 10.1. The van der Waals surface area contributed by atoms with Crippen LogP contribution in [0.4, 0.5) is 0 Å². The highest BCUT2D eigenvalue weighted by atomic mass is 16.2. The van der Waals surface area contributed by atoms with Crippen molar-refractivity contribution in [2.75, 3.05) is 26.2 Å². The summed E-state index contributed by atoms with van der Waals surface area (Å²) in [5.74, 6) is 0.530. The molecule has 0 atom stereocenters. The van der Waals surface area contributed by atoms with E-state index in [1.54, 1.807) is 24.5 Å². The number of carbonyl (C=O) groups excluding carboxylic acids is 2. The third-order valence-corrected chi connectivity index (χ3v) is 4.49. The van der Waals surface area contributed by atoms with E-state index >= 15 is 0 Å². The van der Waals surface area contributed by atoms with E-state index < -0.39 is 0 Å². The van der Waals surface area contributed by atoms with E-state index in [4.69, 9.17) is 0 Å². The first-order chi connectivity index (χ1) is 10.3. The summed E-state index contributed by atoms with van der Waals surface area (Å²) in [5.41, 5.74) is 0.619. The van der Waals surface area contributed by atoms with Gasteiger partial charge < -0.3 is 9.80 Å². The Hall–Kier alpha value is -1.91. The second kappa shape index (κ2) is 6.24. The molecule has 1 aromatic rings. The van der Waals surface area contributed by atoms with E-state index in [9.17, 15) is 9.59 Å². The van der Waals surface area contributed by atoms with Gasteiger partial charge in [-0.25, -0.2) is 0 Å². The van der Waals surface area contributed by atoms with Crippen molar-refractivity contribution in [1.29, 1.82) is 0 Å². The quantitative estimate of drug-likeness (QED) is 0.829. The first-order valence-electron chi connectivity index (χ1n) is 7.74. The fourth-order valence-electron chi connectivity index (χ4n) is 3.23. The zero-order valence-corrected chi connectivity index (χ0v) is 12.2. The van der Waals surface area contributed by atoms with Gasteiger partial charge in [-0.3, -0.25) is 14.6 Å². The van der Waals surface area contributed by atoms with E-state index in [-0.39, 0.29) is 11.8 Å². The van der Waals surface area contributed by atoms with Crippen LogP contribution < -0.4 is 0 Å². The molecule has 21 heavy (non-hydrogen) atoms. The van der Waals surface area contributed by atoms with Crippen molar-refractivity contribution in [3.63, 3.8) is 0 Å². The van der Waals surface area contributed by atoms with Crippen LogP contribution in [0.15, 0.2) is 24.5 Å². The predicted octanol–water partition coefficient (Wildman–Crippen LogP) is 1.56. The molecule has 0 radical (unpaired) electrons. The number of nitrogens with zero attached hydrogens (tertiary/aromatic N) is 3. The van der Waals surface area contributed by atoms with Gasteiger partial charge in [-0.2, -0.15) is 0 Å². The maximum atomic E-state index is 12.4. The van der Waals surface area contributed by atoms with Crippen LogP contribution in [0.25, 0.3) is 0 Å². The van der Waals surface area contributed by atoms with Crippen molar-refractivity contribution in [3.8, 4) is 0 Å². The topological polar surface area (TPSA) is 53.5 Å². The molecule has 2 heterocycles. The number of aromatic nitrogens is 1. The average molecular weight is 287 g/mol. The summed E-state index contributed by atoms with van der Waals surface area (Å²) in [7, 11) is 0. The summed E-state index contributed by atoms with van der Waals surface area (Å²) in [6, 6.07) is 3.55. The molecule has 5 heteroatoms. The van der Waals surface area contributed by atoms with E-state index in [2.05, 4.69) is 4.98 Å². The van der Waals surface area contributed by atoms with Gasteiger partial charge in [0.25, 0.3) is 5.91 Å². The molecule has 0 bridgehead atoms. The van der Waals surface area contributed by atoms with Crippen LogP contribution in [-0.2, 0) is 4.79 Å². The smallest absolute Gasteiger partial charge is 0.255 e. The molecule has 1 aliphatic carbocycles. The van der Waals surface area contributed by atoms with Crippen LogP contribution in [0.1, 0.15) is 36.0 Å². The van der Waals surface area contributed by atoms with E-state index in [1.807, 2.05) is 9.80 Å². The molecule has 3 rings (SSSR count). The van der Waals surface area contributed by atoms with Crippen LogP contribution >= 0.6 is 0 Å². The normalized spacial score (nSPS) is 19.8. The van der Waals surface area contributed by atoms with Gasteiger partial charge in [-0.05, 0) is 25.0 Å². The third kappa shape index (κ3) is 3.06. The molecule has 1 saturated carbocycles. The Kier molecular flexibility index (Phi) is 4.18. The molecule has 0 unspecified atom stereocenters. The Morgan fingerprint density at radius 1 is 1.05 bits per heavy atom. The monoisotopic (exact) mass is 287 g/mol. The zero-order valence-electron chi connectivity index (χ0n) is 12.2. The van der Waals surface area contributed by atoms with Gasteiger partial charge in [0, 0.05) is 44.5 Å². The minimum atomic E-state index is 0.0102. The summed E-state index contributed by atoms with van der Waals surface area (Å²) < 4.78 is 0. The van der Waals surface area contributed by atoms with Crippen LogP contribution in [-0.4, -0.2) is 52.8 Å². The number of hydrogen-bond acceptors (Lipinski definition) is 3. The van der Waals surface area contributed by atoms with Gasteiger partial charge in [0.2, 0.25) is 5.91 Å². The van der Waals surface area contributed by atoms with Gasteiger partial charge in [-0.15, -0.1) is 0 Å². The highest BCUT2D eigenvalue weighted by molar-refractivity contribution is 5.94. The van der Waals surface area contributed by atoms with Gasteiger partial charge >= 0.3 is 0 Å². The molecule has 0 aromatic carbocycles. The minimum Gasteiger partial charge on any atom is -0.339 e. The lowest BCUT2D eigenvalue weighted by molar-refractivity contribution is -0.136. The molecular weight excluding hydrogens is 266 g/mol. The summed E-state index contributed by atoms with van der Waals surface area (Å²) in [5, 5.41) is 0. The molecule has 1 aromatic heterocycles. The number of pyridine rings is 1. The number of rotatable bonds is 2. The molecule has 112 valence electrons. The standard InChI is InChI=1S/C16H21N3O2/c20-15(13-4-1-2-5-13)18-8-10-19(11-9-18)16(21)14-6-3-7-17-12-14/h3,6-7,12-13H,1-2,4-5,8-11H2. The lowest BCUT2D eigenvalue weighted by Gasteiger charge is -2.36. The van der Waals surface area contributed by atoms with Crippen molar-refractivity contribution in [2.45, 2.75) is 25.7 Å². The third-order valence-electron chi connectivity index (χ3n) is 4.49. The lowest BCUT2D eigenvalue weighted by Crippen LogP contribution is -2.51. The maximum absolute atomic E-state index is 12.4. The average Bonchev–Trinajstić information content (AvgIpc) is 3.09. The number of piperazine rings is 1. The Labute approximate surface area is 124 Å². The van der Waals surface area contributed by atoms with E-state index in [0.29, 0.717) is 37.6 Å². The van der Waals surface area contributed by atoms with Gasteiger partial charge in [0.15, 0.2) is 0 Å². The highest BCUT2D eigenvalue weighted by Gasteiger charge is 2.30. The van der Waals surface area contributed by atoms with Crippen molar-refractivity contribution in [1.82, 2.24) is 14.8 Å². The van der Waals surface area contributed by atoms with Crippen molar-refractivity contribution in [2.24, 2.45) is 5.92 Å². The van der Waals surface area contributed by atoms with Crippen LogP contribution in [0.2, 0.25) is 0 Å². The largest absolute Gasteiger partial charge is 0.339 e. The van der Waals surface area contributed by atoms with Crippen molar-refractivity contribution >= 4 is 11.8 Å². The van der Waals surface area contributed by atoms with Crippen LogP contribution in [0.3, 0.4) is 0 Å². The minimum absolute atomic E-state index is 0.0102. The molecule has 0 spiro atoms. The SMILES string of the molecule is O=C(c1cccnc1)N1CCN(C(=O)C2CCCC2)CC1. The Bertz CT molecular complexity index is 504. The number of carbonyl (C=O) groups is 2. The van der Waals surface area contributed by atoms with E-state index in [1.165, 1.54) is 12.8 Å². The van der Waals surface area contributed by atoms with Crippen LogP contribution in [0.5, 0.6) is 0 Å². The Morgan fingerprint density at radius 2 is 1.71 bits per heavy atom. The van der Waals surface area contributed by atoms with Gasteiger partial charge in [-0.1, -0.05) is 12.8 Å². The fraction of sp³-hybridized carbons (Fsp3) is 0.562. The zero-order chi connectivity index (χ0) is 14.7. The predicted molar refractivity (Wildman–Crippen MR) is 78.7 cm³/mol. The van der Waals surface area contributed by atoms with Gasteiger partial charge in [0.1, 0.15) is 0 Å². The molecule has 2 amide bonds. The molecule has 1 saturated heterocycles. The first kappa shape index (κ1) is 14.0. The van der Waals surface area contributed by atoms with E-state index in [0.717, 1.165) is 12.8 Å². The fourth-order valence-corrected chi connectivity index (χ4v) is 3.23. The van der Waals surface area contributed by atoms with Gasteiger partial charge in [0.05, 0.1) is 5.56 Å².